The van der Waals surface area contributed by atoms with Gasteiger partial charge in [-0.25, -0.2) is 0 Å². The Bertz CT molecular complexity index is 37.9. The van der Waals surface area contributed by atoms with Gasteiger partial charge >= 0.3 is 55.4 Å². The van der Waals surface area contributed by atoms with Crippen LogP contribution in [0.2, 0.25) is 0 Å². The Hall–Kier alpha value is 1.07. The van der Waals surface area contributed by atoms with Crippen molar-refractivity contribution in [1.29, 1.82) is 0 Å². The molecule has 0 fully saturated rings. The molecule has 0 heterocycles. The molecule has 0 aliphatic heterocycles. The van der Waals surface area contributed by atoms with E-state index in [1.54, 1.807) is 0 Å². The Kier molecular flexibility index (Phi) is 24.7. The summed E-state index contributed by atoms with van der Waals surface area (Å²) in [5.41, 5.74) is 0. The minimum Gasteiger partial charge on any atom is 1.00 e. The molecular weight excluding hydrogens is 200 g/mol. The Morgan fingerprint density at radius 1 is 1.83 bits per heavy atom. The summed E-state index contributed by atoms with van der Waals surface area (Å²) in [5, 5.41) is 13.6. The summed E-state index contributed by atoms with van der Waals surface area (Å²) in [5.74, 6) is 0. The van der Waals surface area contributed by atoms with Crippen LogP contribution in [0.5, 0.6) is 0 Å². The molecule has 0 saturated heterocycles. The van der Waals surface area contributed by atoms with E-state index >= 15 is 0 Å². The van der Waals surface area contributed by atoms with Crippen molar-refractivity contribution in [2.24, 2.45) is 0 Å². The minimum absolute atomic E-state index is 0. The maximum atomic E-state index is 8.36. The average molecular weight is 205 g/mol. The molecule has 1 N–H and O–H groups in total. The predicted molar refractivity (Wildman–Crippen MR) is 19.8 cm³/mol. The van der Waals surface area contributed by atoms with Gasteiger partial charge in [-0.05, 0) is 0 Å². The van der Waals surface area contributed by atoms with E-state index in [-0.39, 0.29) is 56.8 Å². The van der Waals surface area contributed by atoms with Gasteiger partial charge in [-0.1, -0.05) is 0 Å². The molecule has 0 atom stereocenters. The van der Waals surface area contributed by atoms with Crippen LogP contribution < -0.4 is 29.6 Å². The van der Waals surface area contributed by atoms with Crippen molar-refractivity contribution in [3.8, 4) is 0 Å². The second-order valence-corrected chi connectivity index (χ2v) is 0.238. The van der Waals surface area contributed by atoms with Crippen molar-refractivity contribution < 1.29 is 41.3 Å². The monoisotopic (exact) mass is 205 g/mol. The fourth-order valence-corrected chi connectivity index (χ4v) is 0. The SMILES string of the molecule is O=[N+]([O-])O.[H-].[InH3].[Na+]. The van der Waals surface area contributed by atoms with E-state index in [2.05, 4.69) is 0 Å². The van der Waals surface area contributed by atoms with Crippen molar-refractivity contribution in [2.45, 2.75) is 0 Å². The van der Waals surface area contributed by atoms with Gasteiger partial charge in [0.25, 0.3) is 5.09 Å². The minimum atomic E-state index is -1.50. The first-order valence-corrected chi connectivity index (χ1v) is 0.565. The number of hydrogen-bond donors (Lipinski definition) is 1. The van der Waals surface area contributed by atoms with Gasteiger partial charge in [-0.15, -0.1) is 10.1 Å². The molecule has 6 heteroatoms. The van der Waals surface area contributed by atoms with Gasteiger partial charge < -0.3 is 6.63 Å². The summed E-state index contributed by atoms with van der Waals surface area (Å²) >= 11 is 0. The number of hydrogen-bond acceptors (Lipinski definition) is 2. The van der Waals surface area contributed by atoms with Gasteiger partial charge in [0.1, 0.15) is 0 Å². The summed E-state index contributed by atoms with van der Waals surface area (Å²) < 4.78 is 0. The molecule has 32 valence electrons. The standard InChI is InChI=1S/In.HNO3.Na.4H/c;2-1(3)4;;;;;/h;(H,2,3,4);;;;;/q;;+1;;;;-1. The van der Waals surface area contributed by atoms with Gasteiger partial charge in [0.05, 0.1) is 0 Å². The van der Waals surface area contributed by atoms with Crippen LogP contribution in [-0.2, 0) is 0 Å². The Morgan fingerprint density at radius 2 is 1.83 bits per heavy atom. The molecule has 6 heavy (non-hydrogen) atoms. The van der Waals surface area contributed by atoms with E-state index in [1.807, 2.05) is 0 Å². The third kappa shape index (κ3) is 73.3. The summed E-state index contributed by atoms with van der Waals surface area (Å²) in [6, 6.07) is 0. The van der Waals surface area contributed by atoms with Crippen LogP contribution in [0, 0.1) is 10.1 Å². The predicted octanol–water partition coefficient (Wildman–Crippen LogP) is -4.42. The normalized spacial score (nSPS) is 4.00. The van der Waals surface area contributed by atoms with Crippen LogP contribution in [0.25, 0.3) is 0 Å². The first-order valence-electron chi connectivity index (χ1n) is 0.565. The fourth-order valence-electron chi connectivity index (χ4n) is 0. The Balaban J connectivity index is -0.0000000150. The molecule has 0 aromatic carbocycles. The quantitative estimate of drug-likeness (QED) is 0.246. The van der Waals surface area contributed by atoms with E-state index in [4.69, 9.17) is 15.3 Å². The summed E-state index contributed by atoms with van der Waals surface area (Å²) in [6.45, 7) is 0. The molecule has 0 aromatic heterocycles. The molecule has 0 saturated carbocycles. The first kappa shape index (κ1) is 15.7. The largest absolute Gasteiger partial charge is 1.00 e. The molecule has 0 aliphatic carbocycles. The van der Waals surface area contributed by atoms with Crippen LogP contribution >= 0.6 is 0 Å². The van der Waals surface area contributed by atoms with Crippen molar-refractivity contribution in [3.05, 3.63) is 10.1 Å². The smallest absolute Gasteiger partial charge is 1.00 e. The van der Waals surface area contributed by atoms with E-state index in [9.17, 15) is 0 Å². The van der Waals surface area contributed by atoms with Gasteiger partial charge in [0.15, 0.2) is 0 Å². The molecule has 0 aliphatic rings. The third-order valence-electron chi connectivity index (χ3n) is 0. The van der Waals surface area contributed by atoms with Crippen LogP contribution in [0.15, 0.2) is 0 Å². The Morgan fingerprint density at radius 3 is 1.83 bits per heavy atom. The van der Waals surface area contributed by atoms with Crippen LogP contribution in [0.4, 0.5) is 0 Å². The molecule has 0 spiro atoms. The molecule has 0 unspecified atom stereocenters. The second kappa shape index (κ2) is 9.42. The maximum Gasteiger partial charge on any atom is 1.00 e. The van der Waals surface area contributed by atoms with Crippen molar-refractivity contribution in [3.63, 3.8) is 0 Å². The fraction of sp³-hybridized carbons (Fsp3) is 0. The molecule has 4 nitrogen and oxygen atoms in total. The summed E-state index contributed by atoms with van der Waals surface area (Å²) in [6.07, 6.45) is 0. The summed E-state index contributed by atoms with van der Waals surface area (Å²) in [7, 11) is 0. The van der Waals surface area contributed by atoms with E-state index in [1.165, 1.54) is 0 Å². The van der Waals surface area contributed by atoms with Gasteiger partial charge in [0, 0.05) is 0 Å². The zero-order valence-electron chi connectivity index (χ0n) is 3.71. The maximum absolute atomic E-state index is 8.36. The molecule has 0 rings (SSSR count). The van der Waals surface area contributed by atoms with Crippen LogP contribution in [-0.4, -0.2) is 36.1 Å². The van der Waals surface area contributed by atoms with E-state index in [0.717, 1.165) is 0 Å². The average Bonchev–Trinajstić information content (AvgIpc) is 0.811. The third-order valence-corrected chi connectivity index (χ3v) is 0. The second-order valence-electron chi connectivity index (χ2n) is 0.238. The van der Waals surface area contributed by atoms with E-state index in [0.29, 0.717) is 0 Å². The Labute approximate surface area is 76.6 Å². The summed E-state index contributed by atoms with van der Waals surface area (Å²) in [4.78, 5) is 8.36. The molecule has 0 radical (unpaired) electrons. The van der Waals surface area contributed by atoms with Crippen molar-refractivity contribution in [1.82, 2.24) is 0 Å². The number of rotatable bonds is 0. The van der Waals surface area contributed by atoms with Crippen LogP contribution in [0.3, 0.4) is 0 Å². The zero-order chi connectivity index (χ0) is 3.58. The van der Waals surface area contributed by atoms with Crippen molar-refractivity contribution >= 4 is 25.8 Å². The van der Waals surface area contributed by atoms with Gasteiger partial charge in [-0.3, -0.25) is 0 Å². The zero-order valence-corrected chi connectivity index (χ0v) is 4.71. The topological polar surface area (TPSA) is 63.4 Å². The molecular formula is H5InNNaO3. The molecule has 0 amide bonds. The number of nitrogens with zero attached hydrogens (tertiary/aromatic N) is 1. The van der Waals surface area contributed by atoms with Gasteiger partial charge in [-0.2, -0.15) is 0 Å². The van der Waals surface area contributed by atoms with Crippen LogP contribution in [0.1, 0.15) is 1.43 Å². The van der Waals surface area contributed by atoms with Gasteiger partial charge in [0.2, 0.25) is 0 Å². The molecule has 0 bridgehead atoms. The van der Waals surface area contributed by atoms with E-state index < -0.39 is 5.09 Å². The molecule has 0 aromatic rings. The first-order chi connectivity index (χ1) is 1.73. The van der Waals surface area contributed by atoms with Crippen molar-refractivity contribution in [2.75, 3.05) is 0 Å².